The van der Waals surface area contributed by atoms with E-state index in [1.54, 1.807) is 20.1 Å². The van der Waals surface area contributed by atoms with E-state index in [1.165, 1.54) is 0 Å². The minimum atomic E-state index is -0.797. The lowest BCUT2D eigenvalue weighted by Gasteiger charge is -2.29. The molecule has 0 saturated heterocycles. The maximum atomic E-state index is 12.9. The predicted molar refractivity (Wildman–Crippen MR) is 105 cm³/mol. The number of ketones is 1. The molecule has 27 heavy (non-hydrogen) atoms. The van der Waals surface area contributed by atoms with E-state index in [0.717, 1.165) is 28.0 Å². The standard InChI is InChI=1S/C23H24O4/c1-4-27-23(25)22-20(17-7-5-15(2)6-8-17)13-18(14-21(22)24)16-9-11-19(26-3)12-10-16/h5-12,14,20,22H,4,13H2,1-3H3. The normalized spacial score (nSPS) is 19.4. The Hall–Kier alpha value is -2.88. The Labute approximate surface area is 159 Å². The minimum absolute atomic E-state index is 0.198. The fourth-order valence-electron chi connectivity index (χ4n) is 3.52. The van der Waals surface area contributed by atoms with Gasteiger partial charge in [-0.15, -0.1) is 0 Å². The molecule has 4 heteroatoms. The summed E-state index contributed by atoms with van der Waals surface area (Å²) in [5.74, 6) is -0.913. The molecule has 1 aliphatic carbocycles. The lowest BCUT2D eigenvalue weighted by molar-refractivity contribution is -0.151. The first-order valence-corrected chi connectivity index (χ1v) is 9.15. The highest BCUT2D eigenvalue weighted by Crippen LogP contribution is 2.40. The molecule has 4 nitrogen and oxygen atoms in total. The van der Waals surface area contributed by atoms with E-state index >= 15 is 0 Å². The number of carbonyl (C=O) groups is 2. The zero-order chi connectivity index (χ0) is 19.4. The summed E-state index contributed by atoms with van der Waals surface area (Å²) < 4.78 is 10.4. The van der Waals surface area contributed by atoms with Crippen molar-refractivity contribution >= 4 is 17.3 Å². The molecule has 0 radical (unpaired) electrons. The average Bonchev–Trinajstić information content (AvgIpc) is 2.68. The van der Waals surface area contributed by atoms with Crippen molar-refractivity contribution in [2.45, 2.75) is 26.2 Å². The number of carbonyl (C=O) groups excluding carboxylic acids is 2. The van der Waals surface area contributed by atoms with Crippen molar-refractivity contribution in [2.24, 2.45) is 5.92 Å². The summed E-state index contributed by atoms with van der Waals surface area (Å²) in [6.45, 7) is 4.03. The zero-order valence-electron chi connectivity index (χ0n) is 15.9. The highest BCUT2D eigenvalue weighted by atomic mass is 16.5. The van der Waals surface area contributed by atoms with Gasteiger partial charge in [-0.2, -0.15) is 0 Å². The third kappa shape index (κ3) is 4.11. The second-order valence-electron chi connectivity index (χ2n) is 6.75. The first-order chi connectivity index (χ1) is 13.0. The van der Waals surface area contributed by atoms with Crippen LogP contribution in [0.4, 0.5) is 0 Å². The summed E-state index contributed by atoms with van der Waals surface area (Å²) in [7, 11) is 1.62. The van der Waals surface area contributed by atoms with E-state index in [-0.39, 0.29) is 18.3 Å². The van der Waals surface area contributed by atoms with Crippen molar-refractivity contribution in [3.05, 3.63) is 71.3 Å². The molecule has 2 atom stereocenters. The maximum Gasteiger partial charge on any atom is 0.317 e. The molecule has 0 spiro atoms. The number of hydrogen-bond acceptors (Lipinski definition) is 4. The van der Waals surface area contributed by atoms with Crippen molar-refractivity contribution in [1.29, 1.82) is 0 Å². The average molecular weight is 364 g/mol. The number of ether oxygens (including phenoxy) is 2. The first-order valence-electron chi connectivity index (χ1n) is 9.15. The van der Waals surface area contributed by atoms with Crippen LogP contribution in [0.3, 0.4) is 0 Å². The quantitative estimate of drug-likeness (QED) is 0.586. The van der Waals surface area contributed by atoms with Crippen molar-refractivity contribution in [3.63, 3.8) is 0 Å². The van der Waals surface area contributed by atoms with Gasteiger partial charge in [-0.3, -0.25) is 9.59 Å². The Bertz CT molecular complexity index is 847. The number of benzene rings is 2. The molecular formula is C23H24O4. The number of methoxy groups -OCH3 is 1. The van der Waals surface area contributed by atoms with E-state index in [0.29, 0.717) is 6.42 Å². The molecule has 0 amide bonds. The number of hydrogen-bond donors (Lipinski definition) is 0. The van der Waals surface area contributed by atoms with Crippen molar-refractivity contribution in [2.75, 3.05) is 13.7 Å². The van der Waals surface area contributed by atoms with Gasteiger partial charge in [0.1, 0.15) is 11.7 Å². The summed E-state index contributed by atoms with van der Waals surface area (Å²) in [5.41, 5.74) is 4.00. The van der Waals surface area contributed by atoms with E-state index in [2.05, 4.69) is 0 Å². The Morgan fingerprint density at radius 3 is 2.33 bits per heavy atom. The Morgan fingerprint density at radius 1 is 1.07 bits per heavy atom. The van der Waals surface area contributed by atoms with Crippen LogP contribution < -0.4 is 4.74 Å². The van der Waals surface area contributed by atoms with Crippen molar-refractivity contribution < 1.29 is 19.1 Å². The van der Waals surface area contributed by atoms with E-state index in [9.17, 15) is 9.59 Å². The van der Waals surface area contributed by atoms with Crippen LogP contribution in [-0.2, 0) is 14.3 Å². The second-order valence-corrected chi connectivity index (χ2v) is 6.75. The van der Waals surface area contributed by atoms with Crippen LogP contribution in [0, 0.1) is 12.8 Å². The van der Waals surface area contributed by atoms with Gasteiger partial charge in [0, 0.05) is 5.92 Å². The van der Waals surface area contributed by atoms with Gasteiger partial charge in [-0.05, 0) is 55.2 Å². The van der Waals surface area contributed by atoms with Gasteiger partial charge in [0.2, 0.25) is 0 Å². The number of esters is 1. The molecule has 2 aromatic rings. The SMILES string of the molecule is CCOC(=O)C1C(=O)C=C(c2ccc(OC)cc2)CC1c1ccc(C)cc1. The molecule has 0 saturated carbocycles. The molecule has 1 aliphatic rings. The fourth-order valence-corrected chi connectivity index (χ4v) is 3.52. The van der Waals surface area contributed by atoms with Gasteiger partial charge in [-0.25, -0.2) is 0 Å². The third-order valence-electron chi connectivity index (χ3n) is 4.97. The lowest BCUT2D eigenvalue weighted by atomic mass is 9.73. The molecule has 0 heterocycles. The molecule has 0 fully saturated rings. The smallest absolute Gasteiger partial charge is 0.317 e. The molecule has 2 unspecified atom stereocenters. The van der Waals surface area contributed by atoms with Crippen LogP contribution in [0.2, 0.25) is 0 Å². The van der Waals surface area contributed by atoms with Gasteiger partial charge in [0.05, 0.1) is 13.7 Å². The monoisotopic (exact) mass is 364 g/mol. The van der Waals surface area contributed by atoms with E-state index in [1.807, 2.05) is 55.5 Å². The van der Waals surface area contributed by atoms with Crippen LogP contribution in [-0.4, -0.2) is 25.5 Å². The molecule has 2 aromatic carbocycles. The Morgan fingerprint density at radius 2 is 1.74 bits per heavy atom. The van der Waals surface area contributed by atoms with Crippen molar-refractivity contribution in [1.82, 2.24) is 0 Å². The minimum Gasteiger partial charge on any atom is -0.497 e. The predicted octanol–water partition coefficient (Wildman–Crippen LogP) is 4.32. The van der Waals surface area contributed by atoms with Crippen LogP contribution in [0.15, 0.2) is 54.6 Å². The number of rotatable bonds is 5. The molecule has 140 valence electrons. The van der Waals surface area contributed by atoms with Crippen LogP contribution >= 0.6 is 0 Å². The highest BCUT2D eigenvalue weighted by molar-refractivity contribution is 6.10. The summed E-state index contributed by atoms with van der Waals surface area (Å²) in [4.78, 5) is 25.4. The topological polar surface area (TPSA) is 52.6 Å². The Balaban J connectivity index is 1.99. The second kappa shape index (κ2) is 8.21. The summed E-state index contributed by atoms with van der Waals surface area (Å²) in [6, 6.07) is 15.6. The molecular weight excluding hydrogens is 340 g/mol. The van der Waals surface area contributed by atoms with Gasteiger partial charge in [0.25, 0.3) is 0 Å². The summed E-state index contributed by atoms with van der Waals surface area (Å²) >= 11 is 0. The maximum absolute atomic E-state index is 12.9. The molecule has 0 N–H and O–H groups in total. The first kappa shape index (κ1) is 18.9. The molecule has 0 aliphatic heterocycles. The van der Waals surface area contributed by atoms with Gasteiger partial charge < -0.3 is 9.47 Å². The van der Waals surface area contributed by atoms with Crippen molar-refractivity contribution in [3.8, 4) is 5.75 Å². The van der Waals surface area contributed by atoms with Gasteiger partial charge >= 0.3 is 5.97 Å². The number of allylic oxidation sites excluding steroid dienone is 2. The largest absolute Gasteiger partial charge is 0.497 e. The van der Waals surface area contributed by atoms with E-state index in [4.69, 9.17) is 9.47 Å². The Kier molecular flexibility index (Phi) is 5.75. The molecule has 3 rings (SSSR count). The van der Waals surface area contributed by atoms with Gasteiger partial charge in [0.15, 0.2) is 5.78 Å². The summed E-state index contributed by atoms with van der Waals surface area (Å²) in [6.07, 6.45) is 2.19. The highest BCUT2D eigenvalue weighted by Gasteiger charge is 2.39. The molecule has 0 bridgehead atoms. The van der Waals surface area contributed by atoms with Crippen LogP contribution in [0.5, 0.6) is 5.75 Å². The number of aryl methyl sites for hydroxylation is 1. The van der Waals surface area contributed by atoms with Crippen LogP contribution in [0.25, 0.3) is 5.57 Å². The zero-order valence-corrected chi connectivity index (χ0v) is 15.9. The van der Waals surface area contributed by atoms with Crippen LogP contribution in [0.1, 0.15) is 36.0 Å². The third-order valence-corrected chi connectivity index (χ3v) is 4.97. The fraction of sp³-hybridized carbons (Fsp3) is 0.304. The molecule has 0 aromatic heterocycles. The van der Waals surface area contributed by atoms with Gasteiger partial charge in [-0.1, -0.05) is 42.0 Å². The summed E-state index contributed by atoms with van der Waals surface area (Å²) in [5, 5.41) is 0. The lowest BCUT2D eigenvalue weighted by Crippen LogP contribution is -2.34. The van der Waals surface area contributed by atoms with E-state index < -0.39 is 11.9 Å².